The highest BCUT2D eigenvalue weighted by Crippen LogP contribution is 1.98. The first-order valence-corrected chi connectivity index (χ1v) is 4.80. The predicted molar refractivity (Wildman–Crippen MR) is 50.6 cm³/mol. The molecule has 0 saturated carbocycles. The second-order valence-corrected chi connectivity index (χ2v) is 2.87. The first-order valence-electron chi connectivity index (χ1n) is 4.80. The fourth-order valence-electron chi connectivity index (χ4n) is 1.08. The summed E-state index contributed by atoms with van der Waals surface area (Å²) in [6.45, 7) is 5.81. The molecule has 0 unspecified atom stereocenters. The second kappa shape index (κ2) is 8.53. The lowest BCUT2D eigenvalue weighted by Crippen LogP contribution is -2.37. The van der Waals surface area contributed by atoms with Crippen LogP contribution in [0, 0.1) is 0 Å². The Hall–Kier alpha value is -0.570. The van der Waals surface area contributed by atoms with Crippen molar-refractivity contribution in [3.63, 3.8) is 0 Å². The number of carbonyl (C=O) groups excluding carboxylic acids is 1. The number of rotatable bonds is 8. The van der Waals surface area contributed by atoms with Gasteiger partial charge in [-0.15, -0.1) is 0 Å². The summed E-state index contributed by atoms with van der Waals surface area (Å²) < 4.78 is 0. The highest BCUT2D eigenvalue weighted by molar-refractivity contribution is 5.45. The van der Waals surface area contributed by atoms with Crippen molar-refractivity contribution in [3.8, 4) is 0 Å². The molecule has 1 N–H and O–H groups in total. The molecule has 0 bridgehead atoms. The van der Waals surface area contributed by atoms with Gasteiger partial charge >= 0.3 is 0 Å². The molecule has 12 heavy (non-hydrogen) atoms. The number of unbranched alkanes of at least 4 members (excludes halogenated alkanes) is 3. The SMILES string of the molecule is CCCCCCN(C=O)NCC. The van der Waals surface area contributed by atoms with Crippen LogP contribution in [0.5, 0.6) is 0 Å². The standard InChI is InChI=1S/C9H20N2O/c1-3-5-6-7-8-11(9-12)10-4-2/h9-10H,3-8H2,1-2H3. The van der Waals surface area contributed by atoms with Gasteiger partial charge in [-0.25, -0.2) is 5.43 Å². The Morgan fingerprint density at radius 1 is 1.25 bits per heavy atom. The predicted octanol–water partition coefficient (Wildman–Crippen LogP) is 1.55. The molecule has 3 heteroatoms. The van der Waals surface area contributed by atoms with Gasteiger partial charge in [0.05, 0.1) is 0 Å². The summed E-state index contributed by atoms with van der Waals surface area (Å²) in [6, 6.07) is 0. The van der Waals surface area contributed by atoms with Crippen molar-refractivity contribution in [3.05, 3.63) is 0 Å². The molecule has 0 saturated heterocycles. The van der Waals surface area contributed by atoms with Crippen LogP contribution in [0.15, 0.2) is 0 Å². The molecule has 0 heterocycles. The van der Waals surface area contributed by atoms with Crippen LogP contribution in [0.3, 0.4) is 0 Å². The highest BCUT2D eigenvalue weighted by atomic mass is 16.1. The molecule has 0 aliphatic heterocycles. The Kier molecular flexibility index (Phi) is 8.12. The van der Waals surface area contributed by atoms with Crippen molar-refractivity contribution >= 4 is 6.41 Å². The topological polar surface area (TPSA) is 32.3 Å². The molecule has 0 rings (SSSR count). The Morgan fingerprint density at radius 3 is 2.50 bits per heavy atom. The highest BCUT2D eigenvalue weighted by Gasteiger charge is 1.97. The molecule has 0 atom stereocenters. The molecular weight excluding hydrogens is 152 g/mol. The van der Waals surface area contributed by atoms with Crippen LogP contribution in [0.1, 0.15) is 39.5 Å². The van der Waals surface area contributed by atoms with E-state index in [2.05, 4.69) is 12.3 Å². The molecule has 72 valence electrons. The Morgan fingerprint density at radius 2 is 2.00 bits per heavy atom. The van der Waals surface area contributed by atoms with Crippen LogP contribution in [0.25, 0.3) is 0 Å². The first-order chi connectivity index (χ1) is 5.85. The lowest BCUT2D eigenvalue weighted by molar-refractivity contribution is -0.121. The third kappa shape index (κ3) is 6.16. The van der Waals surface area contributed by atoms with Gasteiger partial charge in [0.15, 0.2) is 0 Å². The number of hydrogen-bond donors (Lipinski definition) is 1. The van der Waals surface area contributed by atoms with E-state index in [1.807, 2.05) is 6.92 Å². The minimum Gasteiger partial charge on any atom is -0.281 e. The molecular formula is C9H20N2O. The van der Waals surface area contributed by atoms with Crippen molar-refractivity contribution < 1.29 is 4.79 Å². The van der Waals surface area contributed by atoms with Crippen LogP contribution in [0.2, 0.25) is 0 Å². The van der Waals surface area contributed by atoms with E-state index in [0.717, 1.165) is 25.9 Å². The summed E-state index contributed by atoms with van der Waals surface area (Å²) in [7, 11) is 0. The zero-order valence-electron chi connectivity index (χ0n) is 8.18. The van der Waals surface area contributed by atoms with Crippen molar-refractivity contribution in [2.45, 2.75) is 39.5 Å². The van der Waals surface area contributed by atoms with Crippen molar-refractivity contribution in [2.75, 3.05) is 13.1 Å². The van der Waals surface area contributed by atoms with E-state index in [0.29, 0.717) is 0 Å². The summed E-state index contributed by atoms with van der Waals surface area (Å²) in [6.07, 6.45) is 5.67. The van der Waals surface area contributed by atoms with E-state index in [1.54, 1.807) is 5.01 Å². The molecule has 0 aromatic rings. The maximum Gasteiger partial charge on any atom is 0.223 e. The lowest BCUT2D eigenvalue weighted by atomic mass is 10.2. The molecule has 0 fully saturated rings. The van der Waals surface area contributed by atoms with E-state index >= 15 is 0 Å². The number of amides is 1. The Bertz CT molecular complexity index is 107. The van der Waals surface area contributed by atoms with E-state index in [4.69, 9.17) is 0 Å². The number of carbonyl (C=O) groups is 1. The van der Waals surface area contributed by atoms with Crippen molar-refractivity contribution in [2.24, 2.45) is 0 Å². The molecule has 0 radical (unpaired) electrons. The summed E-state index contributed by atoms with van der Waals surface area (Å²) in [5.41, 5.74) is 2.97. The van der Waals surface area contributed by atoms with Crippen molar-refractivity contribution in [1.82, 2.24) is 10.4 Å². The molecule has 0 spiro atoms. The Balaban J connectivity index is 3.25. The van der Waals surface area contributed by atoms with Crippen molar-refractivity contribution in [1.29, 1.82) is 0 Å². The molecule has 0 aliphatic rings. The van der Waals surface area contributed by atoms with Gasteiger partial charge in [0.25, 0.3) is 0 Å². The molecule has 3 nitrogen and oxygen atoms in total. The van der Waals surface area contributed by atoms with E-state index in [-0.39, 0.29) is 0 Å². The monoisotopic (exact) mass is 172 g/mol. The minimum absolute atomic E-state index is 0.812. The van der Waals surface area contributed by atoms with Gasteiger partial charge < -0.3 is 0 Å². The number of hydrazine groups is 1. The largest absolute Gasteiger partial charge is 0.281 e. The van der Waals surface area contributed by atoms with Gasteiger partial charge in [0.2, 0.25) is 6.41 Å². The molecule has 0 aromatic carbocycles. The fraction of sp³-hybridized carbons (Fsp3) is 0.889. The lowest BCUT2D eigenvalue weighted by Gasteiger charge is -2.16. The van der Waals surface area contributed by atoms with Crippen LogP contribution in [-0.4, -0.2) is 24.5 Å². The number of hydrogen-bond acceptors (Lipinski definition) is 2. The van der Waals surface area contributed by atoms with Gasteiger partial charge in [0.1, 0.15) is 0 Å². The smallest absolute Gasteiger partial charge is 0.223 e. The van der Waals surface area contributed by atoms with Gasteiger partial charge in [-0.3, -0.25) is 9.80 Å². The Labute approximate surface area is 75.1 Å². The van der Waals surface area contributed by atoms with Crippen LogP contribution in [-0.2, 0) is 4.79 Å². The summed E-state index contributed by atoms with van der Waals surface area (Å²) in [5, 5.41) is 1.62. The maximum atomic E-state index is 10.4. The van der Waals surface area contributed by atoms with E-state index in [9.17, 15) is 4.79 Å². The fourth-order valence-corrected chi connectivity index (χ4v) is 1.08. The third-order valence-electron chi connectivity index (χ3n) is 1.74. The van der Waals surface area contributed by atoms with Crippen LogP contribution < -0.4 is 5.43 Å². The molecule has 0 aliphatic carbocycles. The number of nitrogens with zero attached hydrogens (tertiary/aromatic N) is 1. The quantitative estimate of drug-likeness (QED) is 0.342. The van der Waals surface area contributed by atoms with Gasteiger partial charge in [-0.2, -0.15) is 0 Å². The average Bonchev–Trinajstić information content (AvgIpc) is 2.10. The zero-order chi connectivity index (χ0) is 9.23. The molecule has 0 aromatic heterocycles. The van der Waals surface area contributed by atoms with Gasteiger partial charge in [-0.1, -0.05) is 33.1 Å². The van der Waals surface area contributed by atoms with Gasteiger partial charge in [0, 0.05) is 13.1 Å². The maximum absolute atomic E-state index is 10.4. The average molecular weight is 172 g/mol. The summed E-state index contributed by atoms with van der Waals surface area (Å²) >= 11 is 0. The zero-order valence-corrected chi connectivity index (χ0v) is 8.18. The molecule has 1 amide bonds. The normalized spacial score (nSPS) is 9.83. The van der Waals surface area contributed by atoms with E-state index in [1.165, 1.54) is 19.3 Å². The number of nitrogens with one attached hydrogen (secondary N) is 1. The first kappa shape index (κ1) is 11.4. The van der Waals surface area contributed by atoms with E-state index < -0.39 is 0 Å². The second-order valence-electron chi connectivity index (χ2n) is 2.87. The minimum atomic E-state index is 0.812. The summed E-state index contributed by atoms with van der Waals surface area (Å²) in [5.74, 6) is 0. The third-order valence-corrected chi connectivity index (χ3v) is 1.74. The van der Waals surface area contributed by atoms with Crippen LogP contribution >= 0.6 is 0 Å². The summed E-state index contributed by atoms with van der Waals surface area (Å²) in [4.78, 5) is 10.4. The van der Waals surface area contributed by atoms with Gasteiger partial charge in [-0.05, 0) is 6.42 Å². The van der Waals surface area contributed by atoms with Crippen LogP contribution in [0.4, 0.5) is 0 Å².